The van der Waals surface area contributed by atoms with E-state index in [4.69, 9.17) is 9.47 Å². The van der Waals surface area contributed by atoms with Crippen molar-refractivity contribution in [1.82, 2.24) is 10.2 Å². The van der Waals surface area contributed by atoms with E-state index in [1.54, 1.807) is 34.6 Å². The van der Waals surface area contributed by atoms with Gasteiger partial charge in [0, 0.05) is 6.42 Å². The number of alkyl carbamates (subject to hydrolysis) is 1. The number of likely N-dealkylation sites (tertiary alicyclic amines) is 1. The SMILES string of the molecule is CCC[C@@]1(C(=O)OC)CCC(=O)CN1C(=O)[C@H](NC(=O)OC(C)(C)C)C(C)C. The summed E-state index contributed by atoms with van der Waals surface area (Å²) in [6, 6.07) is -0.929. The molecule has 0 aliphatic carbocycles. The molecule has 1 rings (SSSR count). The molecular formula is C20H34N2O6. The van der Waals surface area contributed by atoms with Gasteiger partial charge in [0.1, 0.15) is 17.2 Å². The monoisotopic (exact) mass is 398 g/mol. The van der Waals surface area contributed by atoms with Gasteiger partial charge in [-0.05, 0) is 39.5 Å². The van der Waals surface area contributed by atoms with E-state index < -0.39 is 35.2 Å². The lowest BCUT2D eigenvalue weighted by Crippen LogP contribution is -2.65. The molecule has 2 amide bonds. The average Bonchev–Trinajstić information content (AvgIpc) is 2.58. The Hall–Kier alpha value is -2.12. The summed E-state index contributed by atoms with van der Waals surface area (Å²) in [6.45, 7) is 10.5. The zero-order valence-corrected chi connectivity index (χ0v) is 18.1. The largest absolute Gasteiger partial charge is 0.467 e. The molecule has 1 heterocycles. The van der Waals surface area contributed by atoms with Gasteiger partial charge in [0.15, 0.2) is 5.78 Å². The molecule has 0 spiro atoms. The Morgan fingerprint density at radius 2 is 1.86 bits per heavy atom. The van der Waals surface area contributed by atoms with Crippen molar-refractivity contribution >= 4 is 23.8 Å². The number of rotatable bonds is 6. The summed E-state index contributed by atoms with van der Waals surface area (Å²) in [5.41, 5.74) is -1.91. The van der Waals surface area contributed by atoms with E-state index >= 15 is 0 Å². The summed E-state index contributed by atoms with van der Waals surface area (Å²) in [7, 11) is 1.28. The van der Waals surface area contributed by atoms with Crippen LogP contribution in [0.25, 0.3) is 0 Å². The summed E-state index contributed by atoms with van der Waals surface area (Å²) in [5.74, 6) is -1.40. The van der Waals surface area contributed by atoms with Crippen LogP contribution in [0, 0.1) is 5.92 Å². The molecule has 0 aromatic rings. The van der Waals surface area contributed by atoms with Crippen LogP contribution in [-0.4, -0.2) is 59.5 Å². The Morgan fingerprint density at radius 3 is 2.32 bits per heavy atom. The normalized spacial score (nSPS) is 21.3. The Morgan fingerprint density at radius 1 is 1.25 bits per heavy atom. The van der Waals surface area contributed by atoms with Gasteiger partial charge in [-0.2, -0.15) is 0 Å². The molecule has 1 fully saturated rings. The number of carbonyl (C=O) groups is 4. The van der Waals surface area contributed by atoms with Crippen molar-refractivity contribution in [2.45, 2.75) is 84.4 Å². The standard InChI is InChI=1S/C20H34N2O6/c1-8-10-20(17(25)27-7)11-9-14(23)12-22(20)16(24)15(13(2)3)21-18(26)28-19(4,5)6/h13,15H,8-12H2,1-7H3,(H,21,26)/t15-,20+/m1/s1. The topological polar surface area (TPSA) is 102 Å². The lowest BCUT2D eigenvalue weighted by atomic mass is 9.81. The lowest BCUT2D eigenvalue weighted by molar-refractivity contribution is -0.168. The summed E-state index contributed by atoms with van der Waals surface area (Å²) < 4.78 is 10.3. The van der Waals surface area contributed by atoms with Gasteiger partial charge in [-0.1, -0.05) is 27.2 Å². The molecule has 0 aromatic carbocycles. The van der Waals surface area contributed by atoms with E-state index in [1.807, 2.05) is 6.92 Å². The minimum absolute atomic E-state index is 0.122. The number of ether oxygens (including phenoxy) is 2. The maximum atomic E-state index is 13.4. The fourth-order valence-corrected chi connectivity index (χ4v) is 3.47. The van der Waals surface area contributed by atoms with Crippen LogP contribution in [-0.2, 0) is 23.9 Å². The van der Waals surface area contributed by atoms with Crippen molar-refractivity contribution in [1.29, 1.82) is 0 Å². The highest BCUT2D eigenvalue weighted by Gasteiger charge is 2.51. The van der Waals surface area contributed by atoms with E-state index in [9.17, 15) is 19.2 Å². The predicted molar refractivity (Wildman–Crippen MR) is 104 cm³/mol. The Kier molecular flexibility index (Phi) is 8.02. The number of carbonyl (C=O) groups excluding carboxylic acids is 4. The number of Topliss-reactive ketones (excluding diaryl/α,β-unsaturated/α-hetero) is 1. The quantitative estimate of drug-likeness (QED) is 0.690. The number of nitrogens with one attached hydrogen (secondary N) is 1. The van der Waals surface area contributed by atoms with Crippen molar-refractivity contribution in [2.75, 3.05) is 13.7 Å². The van der Waals surface area contributed by atoms with Crippen molar-refractivity contribution in [3.05, 3.63) is 0 Å². The molecule has 1 aliphatic rings. The lowest BCUT2D eigenvalue weighted by Gasteiger charge is -2.45. The zero-order chi connectivity index (χ0) is 21.7. The zero-order valence-electron chi connectivity index (χ0n) is 18.1. The van der Waals surface area contributed by atoms with Gasteiger partial charge in [0.25, 0.3) is 0 Å². The van der Waals surface area contributed by atoms with E-state index in [1.165, 1.54) is 12.0 Å². The smallest absolute Gasteiger partial charge is 0.408 e. The molecular weight excluding hydrogens is 364 g/mol. The maximum Gasteiger partial charge on any atom is 0.408 e. The minimum Gasteiger partial charge on any atom is -0.467 e. The number of hydrogen-bond acceptors (Lipinski definition) is 6. The number of esters is 1. The van der Waals surface area contributed by atoms with Crippen LogP contribution in [0.15, 0.2) is 0 Å². The number of ketones is 1. The van der Waals surface area contributed by atoms with Gasteiger partial charge in [-0.15, -0.1) is 0 Å². The van der Waals surface area contributed by atoms with Crippen molar-refractivity contribution < 1.29 is 28.7 Å². The van der Waals surface area contributed by atoms with Crippen LogP contribution in [0.5, 0.6) is 0 Å². The van der Waals surface area contributed by atoms with Gasteiger partial charge < -0.3 is 19.7 Å². The van der Waals surface area contributed by atoms with Crippen LogP contribution in [0.1, 0.15) is 67.2 Å². The van der Waals surface area contributed by atoms with E-state index in [2.05, 4.69) is 5.32 Å². The highest BCUT2D eigenvalue weighted by molar-refractivity contribution is 5.97. The van der Waals surface area contributed by atoms with Gasteiger partial charge in [-0.3, -0.25) is 9.59 Å². The van der Waals surface area contributed by atoms with Gasteiger partial charge in [-0.25, -0.2) is 9.59 Å². The Labute approximate surface area is 167 Å². The molecule has 8 heteroatoms. The third-order valence-corrected chi connectivity index (χ3v) is 4.77. The summed E-state index contributed by atoms with van der Waals surface area (Å²) in [6.07, 6.45) is 0.733. The van der Waals surface area contributed by atoms with Crippen LogP contribution in [0.4, 0.5) is 4.79 Å². The van der Waals surface area contributed by atoms with Crippen LogP contribution in [0.3, 0.4) is 0 Å². The number of hydrogen-bond donors (Lipinski definition) is 1. The molecule has 28 heavy (non-hydrogen) atoms. The van der Waals surface area contributed by atoms with Gasteiger partial charge >= 0.3 is 12.1 Å². The van der Waals surface area contributed by atoms with Gasteiger partial charge in [0.05, 0.1) is 13.7 Å². The predicted octanol–water partition coefficient (Wildman–Crippen LogP) is 2.44. The Bertz CT molecular complexity index is 610. The summed E-state index contributed by atoms with van der Waals surface area (Å²) in [5, 5.41) is 2.61. The molecule has 0 unspecified atom stereocenters. The maximum absolute atomic E-state index is 13.4. The molecule has 0 aromatic heterocycles. The van der Waals surface area contributed by atoms with Crippen LogP contribution in [0.2, 0.25) is 0 Å². The van der Waals surface area contributed by atoms with Crippen LogP contribution < -0.4 is 5.32 Å². The number of methoxy groups -OCH3 is 1. The molecule has 1 N–H and O–H groups in total. The third-order valence-electron chi connectivity index (χ3n) is 4.77. The first kappa shape index (κ1) is 23.9. The first-order valence-corrected chi connectivity index (χ1v) is 9.79. The van der Waals surface area contributed by atoms with Crippen molar-refractivity contribution in [2.24, 2.45) is 5.92 Å². The summed E-state index contributed by atoms with van der Waals surface area (Å²) in [4.78, 5) is 51.7. The molecule has 0 saturated carbocycles. The van der Waals surface area contributed by atoms with Crippen molar-refractivity contribution in [3.8, 4) is 0 Å². The number of piperidine rings is 1. The molecule has 160 valence electrons. The minimum atomic E-state index is -1.20. The second-order valence-corrected chi connectivity index (χ2v) is 8.60. The van der Waals surface area contributed by atoms with E-state index in [0.29, 0.717) is 12.8 Å². The second-order valence-electron chi connectivity index (χ2n) is 8.60. The van der Waals surface area contributed by atoms with Gasteiger partial charge in [0.2, 0.25) is 5.91 Å². The first-order valence-electron chi connectivity index (χ1n) is 9.79. The fourth-order valence-electron chi connectivity index (χ4n) is 3.47. The number of amides is 2. The highest BCUT2D eigenvalue weighted by Crippen LogP contribution is 2.34. The first-order chi connectivity index (χ1) is 12.9. The third kappa shape index (κ3) is 5.69. The molecule has 8 nitrogen and oxygen atoms in total. The molecule has 1 saturated heterocycles. The summed E-state index contributed by atoms with van der Waals surface area (Å²) >= 11 is 0. The molecule has 0 radical (unpaired) electrons. The fraction of sp³-hybridized carbons (Fsp3) is 0.800. The molecule has 2 atom stereocenters. The highest BCUT2D eigenvalue weighted by atomic mass is 16.6. The second kappa shape index (κ2) is 9.39. The molecule has 0 bridgehead atoms. The van der Waals surface area contributed by atoms with E-state index in [0.717, 1.165) is 0 Å². The number of nitrogens with zero attached hydrogens (tertiary/aromatic N) is 1. The Balaban J connectivity index is 3.22. The van der Waals surface area contributed by atoms with E-state index in [-0.39, 0.29) is 31.1 Å². The van der Waals surface area contributed by atoms with Crippen LogP contribution >= 0.6 is 0 Å². The molecule has 1 aliphatic heterocycles. The average molecular weight is 399 g/mol. The van der Waals surface area contributed by atoms with Crippen molar-refractivity contribution in [3.63, 3.8) is 0 Å².